The van der Waals surface area contributed by atoms with Gasteiger partial charge in [-0.2, -0.15) is 0 Å². The lowest BCUT2D eigenvalue weighted by Crippen LogP contribution is -2.41. The van der Waals surface area contributed by atoms with E-state index in [1.807, 2.05) is 4.72 Å². The molecule has 0 saturated carbocycles. The quantitative estimate of drug-likeness (QED) is 0.823. The van der Waals surface area contributed by atoms with Gasteiger partial charge in [-0.1, -0.05) is 30.3 Å². The van der Waals surface area contributed by atoms with Gasteiger partial charge in [0.05, 0.1) is 5.25 Å². The Morgan fingerprint density at radius 3 is 2.24 bits per heavy atom. The number of carbonyl (C=O) groups is 1. The summed E-state index contributed by atoms with van der Waals surface area (Å²) in [5, 5.41) is -0.672. The first-order chi connectivity index (χ1) is 7.84. The van der Waals surface area contributed by atoms with Crippen LogP contribution in [0.15, 0.2) is 30.3 Å². The number of sulfonamides is 1. The molecule has 1 rings (SSSR count). The van der Waals surface area contributed by atoms with Crippen LogP contribution in [0.25, 0.3) is 0 Å². The first-order valence-electron chi connectivity index (χ1n) is 5.20. The summed E-state index contributed by atoms with van der Waals surface area (Å²) in [5.74, 6) is -0.718. The summed E-state index contributed by atoms with van der Waals surface area (Å²) < 4.78 is 24.9. The summed E-state index contributed by atoms with van der Waals surface area (Å²) in [6.07, 6.45) is 0. The molecular formula is C11H16N2O3S. The smallest absolute Gasteiger partial charge is 0.254 e. The highest BCUT2D eigenvalue weighted by Crippen LogP contribution is 2.10. The van der Waals surface area contributed by atoms with Crippen LogP contribution >= 0.6 is 0 Å². The number of carbonyl (C=O) groups excluding carboxylic acids is 1. The normalized spacial score (nSPS) is 13.4. The molecule has 3 N–H and O–H groups in total. The molecule has 0 unspecified atom stereocenters. The van der Waals surface area contributed by atoms with Gasteiger partial charge < -0.3 is 5.73 Å². The maximum atomic E-state index is 11.6. The molecule has 1 aromatic carbocycles. The summed E-state index contributed by atoms with van der Waals surface area (Å²) in [7, 11) is -3.63. The number of rotatable bonds is 4. The van der Waals surface area contributed by atoms with E-state index in [2.05, 4.69) is 0 Å². The molecule has 0 aliphatic rings. The first kappa shape index (κ1) is 13.7. The Kier molecular flexibility index (Phi) is 4.25. The van der Waals surface area contributed by atoms with Crippen molar-refractivity contribution in [3.8, 4) is 0 Å². The molecular weight excluding hydrogens is 240 g/mol. The molecule has 6 heteroatoms. The highest BCUT2D eigenvalue weighted by molar-refractivity contribution is 7.90. The van der Waals surface area contributed by atoms with Crippen LogP contribution in [0.3, 0.4) is 0 Å². The molecule has 1 aromatic rings. The highest BCUT2D eigenvalue weighted by atomic mass is 32.2. The second kappa shape index (κ2) is 5.29. The van der Waals surface area contributed by atoms with E-state index in [0.717, 1.165) is 0 Å². The number of hydrogen-bond donors (Lipinski definition) is 2. The van der Waals surface area contributed by atoms with Crippen molar-refractivity contribution < 1.29 is 13.2 Å². The van der Waals surface area contributed by atoms with E-state index in [4.69, 9.17) is 5.73 Å². The predicted molar refractivity (Wildman–Crippen MR) is 65.6 cm³/mol. The van der Waals surface area contributed by atoms with Gasteiger partial charge in [0.25, 0.3) is 5.91 Å². The van der Waals surface area contributed by atoms with Gasteiger partial charge in [-0.15, -0.1) is 0 Å². The molecule has 0 heterocycles. The van der Waals surface area contributed by atoms with E-state index in [9.17, 15) is 13.2 Å². The third-order valence-corrected chi connectivity index (χ3v) is 4.03. The predicted octanol–water partition coefficient (Wildman–Crippen LogP) is 0.541. The zero-order valence-corrected chi connectivity index (χ0v) is 10.6. The molecule has 5 nitrogen and oxygen atoms in total. The molecule has 0 radical (unpaired) electrons. The molecule has 0 aliphatic carbocycles. The minimum atomic E-state index is -3.63. The van der Waals surface area contributed by atoms with Gasteiger partial charge in [-0.25, -0.2) is 8.42 Å². The Bertz CT molecular complexity index is 483. The van der Waals surface area contributed by atoms with Gasteiger partial charge in [0.1, 0.15) is 6.04 Å². The van der Waals surface area contributed by atoms with Crippen LogP contribution in [0.1, 0.15) is 25.5 Å². The average Bonchev–Trinajstić information content (AvgIpc) is 2.28. The molecule has 1 amide bonds. The Morgan fingerprint density at radius 1 is 1.24 bits per heavy atom. The van der Waals surface area contributed by atoms with Crippen molar-refractivity contribution in [1.29, 1.82) is 0 Å². The third kappa shape index (κ3) is 3.54. The van der Waals surface area contributed by atoms with E-state index < -0.39 is 27.2 Å². The Morgan fingerprint density at radius 2 is 1.76 bits per heavy atom. The molecule has 0 fully saturated rings. The fraction of sp³-hybridized carbons (Fsp3) is 0.364. The molecule has 0 bridgehead atoms. The number of nitrogens with two attached hydrogens (primary N) is 1. The lowest BCUT2D eigenvalue weighted by molar-refractivity contribution is -0.120. The van der Waals surface area contributed by atoms with E-state index in [1.54, 1.807) is 30.3 Å². The van der Waals surface area contributed by atoms with Crippen LogP contribution in [-0.2, 0) is 14.8 Å². The molecule has 0 aliphatic heterocycles. The first-order valence-corrected chi connectivity index (χ1v) is 6.75. The largest absolute Gasteiger partial charge is 0.316 e. The number of amides is 1. The molecule has 0 aromatic heterocycles. The summed E-state index contributed by atoms with van der Waals surface area (Å²) in [4.78, 5) is 11.6. The van der Waals surface area contributed by atoms with Gasteiger partial charge in [0.15, 0.2) is 0 Å². The highest BCUT2D eigenvalue weighted by Gasteiger charge is 2.23. The fourth-order valence-corrected chi connectivity index (χ4v) is 1.78. The topological polar surface area (TPSA) is 89.3 Å². The van der Waals surface area contributed by atoms with E-state index in [0.29, 0.717) is 5.56 Å². The van der Waals surface area contributed by atoms with Crippen LogP contribution in [0.2, 0.25) is 0 Å². The maximum absolute atomic E-state index is 11.6. The minimum absolute atomic E-state index is 0.573. The van der Waals surface area contributed by atoms with Crippen LogP contribution in [-0.4, -0.2) is 19.6 Å². The van der Waals surface area contributed by atoms with Gasteiger partial charge in [-0.05, 0) is 19.4 Å². The molecule has 94 valence electrons. The number of nitrogens with one attached hydrogen (secondary N) is 1. The summed E-state index contributed by atoms with van der Waals surface area (Å²) in [5.41, 5.74) is 6.24. The van der Waals surface area contributed by atoms with Crippen molar-refractivity contribution in [3.63, 3.8) is 0 Å². The van der Waals surface area contributed by atoms with Crippen molar-refractivity contribution in [1.82, 2.24) is 4.72 Å². The van der Waals surface area contributed by atoms with Crippen LogP contribution in [0, 0.1) is 0 Å². The van der Waals surface area contributed by atoms with Crippen molar-refractivity contribution >= 4 is 15.9 Å². The zero-order valence-electron chi connectivity index (χ0n) is 9.75. The minimum Gasteiger partial charge on any atom is -0.316 e. The average molecular weight is 256 g/mol. The summed E-state index contributed by atoms with van der Waals surface area (Å²) in [6.45, 7) is 2.98. The van der Waals surface area contributed by atoms with Crippen molar-refractivity contribution in [2.24, 2.45) is 5.73 Å². The van der Waals surface area contributed by atoms with Crippen LogP contribution in [0.4, 0.5) is 0 Å². The van der Waals surface area contributed by atoms with Crippen LogP contribution < -0.4 is 10.5 Å². The van der Waals surface area contributed by atoms with Crippen molar-refractivity contribution in [2.45, 2.75) is 25.1 Å². The van der Waals surface area contributed by atoms with E-state index in [1.165, 1.54) is 13.8 Å². The van der Waals surface area contributed by atoms with Gasteiger partial charge in [0.2, 0.25) is 10.0 Å². The molecule has 0 spiro atoms. The number of benzene rings is 1. The monoisotopic (exact) mass is 256 g/mol. The second-order valence-electron chi connectivity index (χ2n) is 3.95. The van der Waals surface area contributed by atoms with Gasteiger partial charge >= 0.3 is 0 Å². The van der Waals surface area contributed by atoms with Gasteiger partial charge in [-0.3, -0.25) is 9.52 Å². The van der Waals surface area contributed by atoms with Gasteiger partial charge in [0, 0.05) is 0 Å². The summed E-state index contributed by atoms with van der Waals surface area (Å²) >= 11 is 0. The Hall–Kier alpha value is -1.40. The maximum Gasteiger partial charge on any atom is 0.254 e. The Labute approximate surface area is 101 Å². The lowest BCUT2D eigenvalue weighted by Gasteiger charge is -2.14. The molecule has 0 saturated heterocycles. The third-order valence-electron chi connectivity index (χ3n) is 2.30. The Balaban J connectivity index is 2.80. The molecule has 1 atom stereocenters. The SMILES string of the molecule is CC(C)S(=O)(=O)NC(=O)[C@@H](N)c1ccccc1. The van der Waals surface area contributed by atoms with Crippen molar-refractivity contribution in [2.75, 3.05) is 0 Å². The summed E-state index contributed by atoms with van der Waals surface area (Å²) in [6, 6.07) is 7.63. The fourth-order valence-electron chi connectivity index (χ4n) is 1.13. The van der Waals surface area contributed by atoms with E-state index in [-0.39, 0.29) is 0 Å². The lowest BCUT2D eigenvalue weighted by atomic mass is 10.1. The number of hydrogen-bond acceptors (Lipinski definition) is 4. The van der Waals surface area contributed by atoms with Crippen LogP contribution in [0.5, 0.6) is 0 Å². The zero-order chi connectivity index (χ0) is 13.1. The standard InChI is InChI=1S/C11H16N2O3S/c1-8(2)17(15,16)13-11(14)10(12)9-6-4-3-5-7-9/h3-8,10H,12H2,1-2H3,(H,13,14)/t10-/m0/s1. The van der Waals surface area contributed by atoms with Crippen molar-refractivity contribution in [3.05, 3.63) is 35.9 Å². The second-order valence-corrected chi connectivity index (χ2v) is 6.19. The molecule has 17 heavy (non-hydrogen) atoms. The van der Waals surface area contributed by atoms with E-state index >= 15 is 0 Å².